The number of carbonyl (C=O) groups excluding carboxylic acids is 1. The van der Waals surface area contributed by atoms with Gasteiger partial charge in [-0.3, -0.25) is 4.79 Å². The number of fused-ring (bicyclic) bond motifs is 1. The van der Waals surface area contributed by atoms with Crippen molar-refractivity contribution in [1.29, 1.82) is 0 Å². The summed E-state index contributed by atoms with van der Waals surface area (Å²) in [5, 5.41) is 5.89. The van der Waals surface area contributed by atoms with Gasteiger partial charge in [-0.2, -0.15) is 0 Å². The van der Waals surface area contributed by atoms with Gasteiger partial charge in [0.05, 0.1) is 12.3 Å². The van der Waals surface area contributed by atoms with Crippen molar-refractivity contribution in [2.75, 3.05) is 11.9 Å². The fourth-order valence-corrected chi connectivity index (χ4v) is 4.64. The Hall–Kier alpha value is -2.30. The van der Waals surface area contributed by atoms with Gasteiger partial charge < -0.3 is 10.1 Å². The second-order valence-corrected chi connectivity index (χ2v) is 7.97. The number of hydrogen-bond acceptors (Lipinski definition) is 3. The molecular formula is C22H20ClNO2S. The second-order valence-electron chi connectivity index (χ2n) is 6.62. The Morgan fingerprint density at radius 2 is 1.89 bits per heavy atom. The average Bonchev–Trinajstić information content (AvgIpc) is 3.10. The summed E-state index contributed by atoms with van der Waals surface area (Å²) in [7, 11) is 0. The number of thiophene rings is 1. The fraction of sp³-hybridized carbons (Fsp3) is 0.227. The summed E-state index contributed by atoms with van der Waals surface area (Å²) >= 11 is 7.71. The predicted molar refractivity (Wildman–Crippen MR) is 112 cm³/mol. The predicted octanol–water partition coefficient (Wildman–Crippen LogP) is 6.33. The zero-order valence-electron chi connectivity index (χ0n) is 15.0. The van der Waals surface area contributed by atoms with Crippen LogP contribution in [0.15, 0.2) is 53.9 Å². The largest absolute Gasteiger partial charge is 0.494 e. The van der Waals surface area contributed by atoms with Crippen LogP contribution in [0.1, 0.15) is 36.1 Å². The summed E-state index contributed by atoms with van der Waals surface area (Å²) < 4.78 is 5.67. The number of amides is 1. The molecule has 2 heterocycles. The minimum absolute atomic E-state index is 0.0485. The highest BCUT2D eigenvalue weighted by atomic mass is 35.5. The Morgan fingerprint density at radius 1 is 1.15 bits per heavy atom. The van der Waals surface area contributed by atoms with Crippen LogP contribution in [0.3, 0.4) is 0 Å². The second kappa shape index (κ2) is 7.75. The van der Waals surface area contributed by atoms with E-state index in [0.717, 1.165) is 34.5 Å². The Bertz CT molecular complexity index is 947. The van der Waals surface area contributed by atoms with Crippen molar-refractivity contribution >= 4 is 34.5 Å². The molecular weight excluding hydrogens is 378 g/mol. The molecule has 5 heteroatoms. The molecule has 2 aromatic carbocycles. The van der Waals surface area contributed by atoms with Crippen molar-refractivity contribution in [1.82, 2.24) is 0 Å². The number of halogens is 1. The van der Waals surface area contributed by atoms with Crippen molar-refractivity contribution < 1.29 is 9.53 Å². The smallest absolute Gasteiger partial charge is 0.225 e. The first kappa shape index (κ1) is 18.1. The minimum atomic E-state index is 0.0485. The standard InChI is InChI=1S/C22H20ClNO2S/c1-2-11-26-17-9-5-14(6-10-17)18-12-20(25)24-21-19(13-27-22(18)21)15-3-7-16(23)8-4-15/h3-10,13,18H,2,11-12H2,1H3,(H,24,25)/t18-/m1/s1. The van der Waals surface area contributed by atoms with Gasteiger partial charge >= 0.3 is 0 Å². The van der Waals surface area contributed by atoms with Crippen LogP contribution in [-0.2, 0) is 4.79 Å². The van der Waals surface area contributed by atoms with Gasteiger partial charge in [0.25, 0.3) is 0 Å². The summed E-state index contributed by atoms with van der Waals surface area (Å²) in [5.41, 5.74) is 4.17. The highest BCUT2D eigenvalue weighted by Crippen LogP contribution is 2.46. The lowest BCUT2D eigenvalue weighted by Crippen LogP contribution is -2.22. The van der Waals surface area contributed by atoms with Gasteiger partial charge in [-0.05, 0) is 41.8 Å². The quantitative estimate of drug-likeness (QED) is 0.546. The number of hydrogen-bond donors (Lipinski definition) is 1. The number of rotatable bonds is 5. The molecule has 0 fully saturated rings. The highest BCUT2D eigenvalue weighted by molar-refractivity contribution is 7.11. The first-order valence-corrected chi connectivity index (χ1v) is 10.3. The number of anilines is 1. The van der Waals surface area contributed by atoms with E-state index in [-0.39, 0.29) is 11.8 Å². The van der Waals surface area contributed by atoms with Crippen molar-refractivity contribution in [2.45, 2.75) is 25.7 Å². The van der Waals surface area contributed by atoms with E-state index in [9.17, 15) is 4.79 Å². The summed E-state index contributed by atoms with van der Waals surface area (Å²) in [4.78, 5) is 13.6. The van der Waals surface area contributed by atoms with Crippen LogP contribution >= 0.6 is 22.9 Å². The lowest BCUT2D eigenvalue weighted by atomic mass is 9.89. The van der Waals surface area contributed by atoms with Crippen LogP contribution in [0.4, 0.5) is 5.69 Å². The van der Waals surface area contributed by atoms with E-state index in [0.29, 0.717) is 18.1 Å². The van der Waals surface area contributed by atoms with Crippen molar-refractivity contribution in [3.63, 3.8) is 0 Å². The molecule has 1 aliphatic rings. The number of carbonyl (C=O) groups is 1. The number of ether oxygens (including phenoxy) is 1. The van der Waals surface area contributed by atoms with Crippen molar-refractivity contribution in [3.8, 4) is 16.9 Å². The minimum Gasteiger partial charge on any atom is -0.494 e. The molecule has 0 bridgehead atoms. The van der Waals surface area contributed by atoms with Gasteiger partial charge in [0.1, 0.15) is 5.75 Å². The van der Waals surface area contributed by atoms with Crippen LogP contribution in [0, 0.1) is 0 Å². The molecule has 1 aromatic heterocycles. The molecule has 0 saturated heterocycles. The van der Waals surface area contributed by atoms with E-state index in [1.165, 1.54) is 4.88 Å². The van der Waals surface area contributed by atoms with E-state index in [1.807, 2.05) is 36.4 Å². The molecule has 0 unspecified atom stereocenters. The average molecular weight is 398 g/mol. The molecule has 0 aliphatic carbocycles. The number of nitrogens with one attached hydrogen (secondary N) is 1. The van der Waals surface area contributed by atoms with Gasteiger partial charge in [0.15, 0.2) is 0 Å². The molecule has 27 heavy (non-hydrogen) atoms. The SMILES string of the molecule is CCCOc1ccc([C@H]2CC(=O)Nc3c(-c4ccc(Cl)cc4)csc32)cc1. The van der Waals surface area contributed by atoms with Gasteiger partial charge in [-0.15, -0.1) is 11.3 Å². The molecule has 3 nitrogen and oxygen atoms in total. The van der Waals surface area contributed by atoms with Crippen molar-refractivity contribution in [2.24, 2.45) is 0 Å². The monoisotopic (exact) mass is 397 g/mol. The molecule has 138 valence electrons. The third-order valence-electron chi connectivity index (χ3n) is 4.70. The Morgan fingerprint density at radius 3 is 2.59 bits per heavy atom. The Kier molecular flexibility index (Phi) is 5.19. The van der Waals surface area contributed by atoms with E-state index >= 15 is 0 Å². The molecule has 4 rings (SSSR count). The zero-order chi connectivity index (χ0) is 18.8. The first-order valence-electron chi connectivity index (χ1n) is 9.05. The maximum Gasteiger partial charge on any atom is 0.225 e. The van der Waals surface area contributed by atoms with Gasteiger partial charge in [-0.1, -0.05) is 42.8 Å². The highest BCUT2D eigenvalue weighted by Gasteiger charge is 2.30. The van der Waals surface area contributed by atoms with Crippen molar-refractivity contribution in [3.05, 3.63) is 69.4 Å². The molecule has 1 amide bonds. The lowest BCUT2D eigenvalue weighted by molar-refractivity contribution is -0.116. The van der Waals surface area contributed by atoms with Crippen LogP contribution < -0.4 is 10.1 Å². The van der Waals surface area contributed by atoms with Crippen LogP contribution in [0.25, 0.3) is 11.1 Å². The molecule has 0 radical (unpaired) electrons. The van der Waals surface area contributed by atoms with E-state index < -0.39 is 0 Å². The lowest BCUT2D eigenvalue weighted by Gasteiger charge is -2.24. The van der Waals surface area contributed by atoms with Gasteiger partial charge in [0.2, 0.25) is 5.91 Å². The summed E-state index contributed by atoms with van der Waals surface area (Å²) in [5.74, 6) is 0.988. The normalized spacial score (nSPS) is 15.9. The van der Waals surface area contributed by atoms with Crippen LogP contribution in [0.2, 0.25) is 5.02 Å². The molecule has 1 atom stereocenters. The Balaban J connectivity index is 1.67. The summed E-state index contributed by atoms with van der Waals surface area (Å²) in [6.07, 6.45) is 1.44. The van der Waals surface area contributed by atoms with Gasteiger partial charge in [0, 0.05) is 33.2 Å². The topological polar surface area (TPSA) is 38.3 Å². The third kappa shape index (κ3) is 3.73. The molecule has 0 spiro atoms. The van der Waals surface area contributed by atoms with E-state index in [2.05, 4.69) is 29.8 Å². The third-order valence-corrected chi connectivity index (χ3v) is 6.05. The maximum atomic E-state index is 12.4. The molecule has 1 aliphatic heterocycles. The first-order chi connectivity index (χ1) is 13.2. The molecule has 0 saturated carbocycles. The van der Waals surface area contributed by atoms with Crippen LogP contribution in [-0.4, -0.2) is 12.5 Å². The summed E-state index contributed by atoms with van der Waals surface area (Å²) in [6.45, 7) is 2.80. The van der Waals surface area contributed by atoms with E-state index in [4.69, 9.17) is 16.3 Å². The number of benzene rings is 2. The maximum absolute atomic E-state index is 12.4. The Labute approximate surface area is 167 Å². The zero-order valence-corrected chi connectivity index (χ0v) is 16.6. The summed E-state index contributed by atoms with van der Waals surface area (Å²) in [6, 6.07) is 15.8. The molecule has 1 N–H and O–H groups in total. The van der Waals surface area contributed by atoms with E-state index in [1.54, 1.807) is 11.3 Å². The fourth-order valence-electron chi connectivity index (χ4n) is 3.35. The van der Waals surface area contributed by atoms with Gasteiger partial charge in [-0.25, -0.2) is 0 Å². The molecule has 3 aromatic rings. The van der Waals surface area contributed by atoms with Crippen LogP contribution in [0.5, 0.6) is 5.75 Å².